The summed E-state index contributed by atoms with van der Waals surface area (Å²) in [4.78, 5) is 40.5. The second-order valence-corrected chi connectivity index (χ2v) is 6.99. The van der Waals surface area contributed by atoms with Gasteiger partial charge in [-0.3, -0.25) is 14.4 Å². The highest BCUT2D eigenvalue weighted by atomic mass is 16.3. The smallest absolute Gasteiger partial charge is 0.254 e. The summed E-state index contributed by atoms with van der Waals surface area (Å²) in [7, 11) is 0. The summed E-state index contributed by atoms with van der Waals surface area (Å²) in [6.07, 6.45) is 2.64. The molecule has 0 saturated carbocycles. The van der Waals surface area contributed by atoms with Crippen LogP contribution in [-0.4, -0.2) is 58.0 Å². The minimum absolute atomic E-state index is 0.0306. The van der Waals surface area contributed by atoms with Gasteiger partial charge in [0, 0.05) is 37.7 Å². The SMILES string of the molecule is CCCC(CC)C(=O)N1CCN(C(=O)c2cc(O)c(O)c(=O)cc2C)CC1. The fraction of sp³-hybridized carbons (Fsp3) is 0.550. The molecule has 1 heterocycles. The standard InChI is InChI=1S/C20H28N2O5/c1-4-6-14(5-2)19(26)21-7-9-22(10-8-21)20(27)15-12-17(24)18(25)16(23)11-13(15)3/h11-12,14H,4-10H2,1-3H3,(H2,23,24,25). The van der Waals surface area contributed by atoms with Crippen LogP contribution >= 0.6 is 0 Å². The molecule has 1 fully saturated rings. The average molecular weight is 376 g/mol. The maximum absolute atomic E-state index is 12.8. The van der Waals surface area contributed by atoms with Crippen molar-refractivity contribution in [3.8, 4) is 11.5 Å². The Labute approximate surface area is 159 Å². The number of amides is 2. The van der Waals surface area contributed by atoms with Crippen LogP contribution in [0.1, 0.15) is 49.0 Å². The van der Waals surface area contributed by atoms with Crippen molar-refractivity contribution in [3.05, 3.63) is 33.5 Å². The molecule has 1 aliphatic rings. The van der Waals surface area contributed by atoms with Crippen molar-refractivity contribution in [3.63, 3.8) is 0 Å². The molecule has 1 aromatic rings. The quantitative estimate of drug-likeness (QED) is 0.818. The lowest BCUT2D eigenvalue weighted by molar-refractivity contribution is -0.137. The van der Waals surface area contributed by atoms with Gasteiger partial charge in [-0.1, -0.05) is 20.3 Å². The number of piperazine rings is 1. The van der Waals surface area contributed by atoms with Crippen LogP contribution < -0.4 is 5.43 Å². The van der Waals surface area contributed by atoms with Gasteiger partial charge >= 0.3 is 0 Å². The molecule has 2 N–H and O–H groups in total. The molecule has 0 aliphatic carbocycles. The van der Waals surface area contributed by atoms with Crippen molar-refractivity contribution < 1.29 is 19.8 Å². The lowest BCUT2D eigenvalue weighted by Crippen LogP contribution is -2.52. The zero-order valence-corrected chi connectivity index (χ0v) is 16.2. The van der Waals surface area contributed by atoms with Crippen LogP contribution in [-0.2, 0) is 4.79 Å². The van der Waals surface area contributed by atoms with Gasteiger partial charge in [0.2, 0.25) is 17.1 Å². The fourth-order valence-electron chi connectivity index (χ4n) is 3.43. The number of carbonyl (C=O) groups is 2. The van der Waals surface area contributed by atoms with Gasteiger partial charge in [0.1, 0.15) is 0 Å². The Kier molecular flexibility index (Phi) is 6.82. The van der Waals surface area contributed by atoms with Crippen molar-refractivity contribution in [1.29, 1.82) is 0 Å². The zero-order valence-electron chi connectivity index (χ0n) is 16.2. The van der Waals surface area contributed by atoms with E-state index in [1.807, 2.05) is 11.8 Å². The van der Waals surface area contributed by atoms with Crippen LogP contribution in [0.5, 0.6) is 11.5 Å². The number of hydrogen-bond donors (Lipinski definition) is 2. The van der Waals surface area contributed by atoms with Crippen LogP contribution in [0.25, 0.3) is 0 Å². The third-order valence-corrected chi connectivity index (χ3v) is 5.12. The van der Waals surface area contributed by atoms with Gasteiger partial charge in [-0.15, -0.1) is 0 Å². The maximum atomic E-state index is 12.8. The van der Waals surface area contributed by atoms with Gasteiger partial charge in [-0.05, 0) is 37.5 Å². The number of aryl methyl sites for hydroxylation is 1. The van der Waals surface area contributed by atoms with Gasteiger partial charge in [-0.25, -0.2) is 0 Å². The number of hydrogen-bond acceptors (Lipinski definition) is 5. The van der Waals surface area contributed by atoms with E-state index in [-0.39, 0.29) is 23.3 Å². The summed E-state index contributed by atoms with van der Waals surface area (Å²) in [6, 6.07) is 2.26. The van der Waals surface area contributed by atoms with E-state index in [0.29, 0.717) is 31.7 Å². The molecule has 1 aromatic carbocycles. The molecule has 0 spiro atoms. The normalized spacial score (nSPS) is 15.5. The minimum Gasteiger partial charge on any atom is -0.504 e. The number of nitrogens with zero attached hydrogens (tertiary/aromatic N) is 2. The molecule has 0 bridgehead atoms. The lowest BCUT2D eigenvalue weighted by atomic mass is 9.98. The van der Waals surface area contributed by atoms with E-state index in [4.69, 9.17) is 0 Å². The number of aromatic hydroxyl groups is 2. The predicted molar refractivity (Wildman–Crippen MR) is 102 cm³/mol. The van der Waals surface area contributed by atoms with E-state index >= 15 is 0 Å². The van der Waals surface area contributed by atoms with E-state index in [1.165, 1.54) is 0 Å². The van der Waals surface area contributed by atoms with Gasteiger partial charge in [0.15, 0.2) is 5.75 Å². The first-order valence-electron chi connectivity index (χ1n) is 9.45. The molecule has 148 valence electrons. The summed E-state index contributed by atoms with van der Waals surface area (Å²) < 4.78 is 0. The molecule has 1 unspecified atom stereocenters. The van der Waals surface area contributed by atoms with Crippen molar-refractivity contribution in [1.82, 2.24) is 9.80 Å². The maximum Gasteiger partial charge on any atom is 0.254 e. The molecule has 1 atom stereocenters. The Bertz CT molecular complexity index is 770. The van der Waals surface area contributed by atoms with Gasteiger partial charge < -0.3 is 20.0 Å². The van der Waals surface area contributed by atoms with Gasteiger partial charge in [-0.2, -0.15) is 0 Å². The van der Waals surface area contributed by atoms with Gasteiger partial charge in [0.05, 0.1) is 0 Å². The summed E-state index contributed by atoms with van der Waals surface area (Å²) in [5, 5.41) is 19.4. The molecule has 0 radical (unpaired) electrons. The fourth-order valence-corrected chi connectivity index (χ4v) is 3.43. The summed E-state index contributed by atoms with van der Waals surface area (Å²) in [6.45, 7) is 7.38. The molecule has 27 heavy (non-hydrogen) atoms. The van der Waals surface area contributed by atoms with Gasteiger partial charge in [0.25, 0.3) is 5.91 Å². The van der Waals surface area contributed by atoms with Crippen LogP contribution in [0, 0.1) is 12.8 Å². The molecule has 1 saturated heterocycles. The minimum atomic E-state index is -0.769. The van der Waals surface area contributed by atoms with Crippen LogP contribution in [0.3, 0.4) is 0 Å². The van der Waals surface area contributed by atoms with E-state index in [1.54, 1.807) is 11.8 Å². The Morgan fingerprint density at radius 3 is 2.22 bits per heavy atom. The highest BCUT2D eigenvalue weighted by Crippen LogP contribution is 2.23. The van der Waals surface area contributed by atoms with E-state index in [0.717, 1.165) is 31.4 Å². The molecule has 2 amide bonds. The Hall–Kier alpha value is -2.57. The molecule has 7 nitrogen and oxygen atoms in total. The first-order valence-corrected chi connectivity index (χ1v) is 9.45. The van der Waals surface area contributed by atoms with Crippen molar-refractivity contribution in [2.75, 3.05) is 26.2 Å². The molecule has 2 rings (SSSR count). The van der Waals surface area contributed by atoms with Crippen molar-refractivity contribution in [2.24, 2.45) is 5.92 Å². The molecule has 0 aromatic heterocycles. The molecular formula is C20H28N2O5. The molecular weight excluding hydrogens is 348 g/mol. The van der Waals surface area contributed by atoms with Crippen LogP contribution in [0.4, 0.5) is 0 Å². The molecule has 7 heteroatoms. The monoisotopic (exact) mass is 376 g/mol. The predicted octanol–water partition coefficient (Wildman–Crippen LogP) is 1.88. The lowest BCUT2D eigenvalue weighted by Gasteiger charge is -2.36. The number of rotatable bonds is 5. The number of carbonyl (C=O) groups excluding carboxylic acids is 2. The van der Waals surface area contributed by atoms with Crippen LogP contribution in [0.2, 0.25) is 0 Å². The van der Waals surface area contributed by atoms with Crippen molar-refractivity contribution in [2.45, 2.75) is 40.0 Å². The third-order valence-electron chi connectivity index (χ3n) is 5.12. The van der Waals surface area contributed by atoms with E-state index in [2.05, 4.69) is 6.92 Å². The summed E-state index contributed by atoms with van der Waals surface area (Å²) in [5.41, 5.74) is -0.184. The average Bonchev–Trinajstić information content (AvgIpc) is 2.76. The topological polar surface area (TPSA) is 98.2 Å². The zero-order chi connectivity index (χ0) is 20.1. The largest absolute Gasteiger partial charge is 0.504 e. The Morgan fingerprint density at radius 2 is 1.67 bits per heavy atom. The van der Waals surface area contributed by atoms with E-state index in [9.17, 15) is 24.6 Å². The van der Waals surface area contributed by atoms with E-state index < -0.39 is 16.9 Å². The Morgan fingerprint density at radius 1 is 1.07 bits per heavy atom. The highest BCUT2D eigenvalue weighted by molar-refractivity contribution is 5.96. The second kappa shape index (κ2) is 8.88. The molecule has 1 aliphatic heterocycles. The van der Waals surface area contributed by atoms with Crippen LogP contribution in [0.15, 0.2) is 16.9 Å². The first-order chi connectivity index (χ1) is 12.8. The Balaban J connectivity index is 2.12. The summed E-state index contributed by atoms with van der Waals surface area (Å²) >= 11 is 0. The van der Waals surface area contributed by atoms with Crippen molar-refractivity contribution >= 4 is 11.8 Å². The summed E-state index contributed by atoms with van der Waals surface area (Å²) in [5.74, 6) is -1.54. The second-order valence-electron chi connectivity index (χ2n) is 6.99. The third kappa shape index (κ3) is 4.59. The first kappa shape index (κ1) is 20.7. The highest BCUT2D eigenvalue weighted by Gasteiger charge is 2.28.